The van der Waals surface area contributed by atoms with E-state index in [0.29, 0.717) is 18.9 Å². The summed E-state index contributed by atoms with van der Waals surface area (Å²) in [6.07, 6.45) is 1.40. The fourth-order valence-corrected chi connectivity index (χ4v) is 3.40. The van der Waals surface area contributed by atoms with Crippen LogP contribution in [0.3, 0.4) is 0 Å². The van der Waals surface area contributed by atoms with Crippen LogP contribution in [0.5, 0.6) is 5.75 Å². The standard InChI is InChI=1S/C23H23FN2O3/c24-19-6-8-20(9-7-19)26-12-10-25(11-13-26)15-21-14-22(27)23(17-28-21)29-16-18-4-2-1-3-5-18/h1-9,14,17H,10-13,15-16H2. The highest BCUT2D eigenvalue weighted by molar-refractivity contribution is 5.46. The Morgan fingerprint density at radius 2 is 1.69 bits per heavy atom. The number of hydrogen-bond donors (Lipinski definition) is 0. The van der Waals surface area contributed by atoms with Gasteiger partial charge in [0.2, 0.25) is 11.2 Å². The summed E-state index contributed by atoms with van der Waals surface area (Å²) in [4.78, 5) is 16.8. The highest BCUT2D eigenvalue weighted by Crippen LogP contribution is 2.18. The molecule has 0 spiro atoms. The predicted molar refractivity (Wildman–Crippen MR) is 110 cm³/mol. The Hall–Kier alpha value is -3.12. The molecule has 0 unspecified atom stereocenters. The lowest BCUT2D eigenvalue weighted by atomic mass is 10.2. The maximum atomic E-state index is 13.1. The molecule has 4 rings (SSSR count). The molecule has 1 saturated heterocycles. The lowest BCUT2D eigenvalue weighted by Crippen LogP contribution is -2.46. The van der Waals surface area contributed by atoms with E-state index in [1.807, 2.05) is 30.3 Å². The van der Waals surface area contributed by atoms with Gasteiger partial charge in [0.25, 0.3) is 0 Å². The SMILES string of the molecule is O=c1cc(CN2CCN(c3ccc(F)cc3)CC2)occ1OCc1ccccc1. The number of rotatable bonds is 6. The Labute approximate surface area is 168 Å². The van der Waals surface area contributed by atoms with Gasteiger partial charge in [-0.2, -0.15) is 0 Å². The minimum Gasteiger partial charge on any atom is -0.482 e. The minimum atomic E-state index is -0.224. The third-order valence-electron chi connectivity index (χ3n) is 5.03. The van der Waals surface area contributed by atoms with Crippen LogP contribution >= 0.6 is 0 Å². The van der Waals surface area contributed by atoms with E-state index >= 15 is 0 Å². The number of anilines is 1. The normalized spacial score (nSPS) is 14.7. The molecule has 29 heavy (non-hydrogen) atoms. The second-order valence-corrected chi connectivity index (χ2v) is 7.09. The molecule has 3 aromatic rings. The van der Waals surface area contributed by atoms with Crippen LogP contribution in [-0.2, 0) is 13.2 Å². The number of piperazine rings is 1. The van der Waals surface area contributed by atoms with Gasteiger partial charge in [-0.05, 0) is 29.8 Å². The van der Waals surface area contributed by atoms with Crippen molar-refractivity contribution in [3.05, 3.63) is 94.3 Å². The van der Waals surface area contributed by atoms with Gasteiger partial charge in [-0.15, -0.1) is 0 Å². The third kappa shape index (κ3) is 5.03. The maximum Gasteiger partial charge on any atom is 0.227 e. The zero-order valence-corrected chi connectivity index (χ0v) is 16.1. The topological polar surface area (TPSA) is 45.9 Å². The minimum absolute atomic E-state index is 0.174. The van der Waals surface area contributed by atoms with Crippen molar-refractivity contribution in [1.29, 1.82) is 0 Å². The van der Waals surface area contributed by atoms with E-state index in [1.165, 1.54) is 24.5 Å². The number of ether oxygens (including phenoxy) is 1. The quantitative estimate of drug-likeness (QED) is 0.638. The zero-order chi connectivity index (χ0) is 20.1. The van der Waals surface area contributed by atoms with E-state index in [9.17, 15) is 9.18 Å². The molecule has 0 amide bonds. The van der Waals surface area contributed by atoms with Crippen molar-refractivity contribution in [3.63, 3.8) is 0 Å². The van der Waals surface area contributed by atoms with Crippen molar-refractivity contribution < 1.29 is 13.5 Å². The van der Waals surface area contributed by atoms with Crippen LogP contribution in [0.25, 0.3) is 0 Å². The molecule has 5 nitrogen and oxygen atoms in total. The van der Waals surface area contributed by atoms with Gasteiger partial charge in [-0.25, -0.2) is 4.39 Å². The Kier molecular flexibility index (Phi) is 5.91. The van der Waals surface area contributed by atoms with Gasteiger partial charge in [-0.1, -0.05) is 30.3 Å². The second kappa shape index (κ2) is 8.92. The summed E-state index contributed by atoms with van der Waals surface area (Å²) in [7, 11) is 0. The van der Waals surface area contributed by atoms with Gasteiger partial charge >= 0.3 is 0 Å². The smallest absolute Gasteiger partial charge is 0.227 e. The van der Waals surface area contributed by atoms with Crippen LogP contribution < -0.4 is 15.1 Å². The van der Waals surface area contributed by atoms with Crippen molar-refractivity contribution in [2.75, 3.05) is 31.1 Å². The summed E-state index contributed by atoms with van der Waals surface area (Å²) in [6.45, 7) is 4.27. The molecule has 0 saturated carbocycles. The molecule has 0 N–H and O–H groups in total. The molecule has 0 radical (unpaired) electrons. The summed E-state index contributed by atoms with van der Waals surface area (Å²) in [5.74, 6) is 0.620. The Morgan fingerprint density at radius 3 is 2.38 bits per heavy atom. The van der Waals surface area contributed by atoms with E-state index in [2.05, 4.69) is 9.80 Å². The van der Waals surface area contributed by atoms with Crippen LogP contribution in [-0.4, -0.2) is 31.1 Å². The molecule has 2 aromatic carbocycles. The largest absolute Gasteiger partial charge is 0.482 e. The van der Waals surface area contributed by atoms with E-state index in [4.69, 9.17) is 9.15 Å². The average molecular weight is 394 g/mol. The van der Waals surface area contributed by atoms with Crippen molar-refractivity contribution in [2.24, 2.45) is 0 Å². The molecule has 2 heterocycles. The molecule has 0 aliphatic carbocycles. The fraction of sp³-hybridized carbons (Fsp3) is 0.261. The average Bonchev–Trinajstić information content (AvgIpc) is 2.75. The second-order valence-electron chi connectivity index (χ2n) is 7.09. The van der Waals surface area contributed by atoms with Gasteiger partial charge in [0.1, 0.15) is 24.4 Å². The first-order chi connectivity index (χ1) is 14.2. The summed E-state index contributed by atoms with van der Waals surface area (Å²) >= 11 is 0. The van der Waals surface area contributed by atoms with Crippen LogP contribution in [0.1, 0.15) is 11.3 Å². The van der Waals surface area contributed by atoms with Crippen LogP contribution in [0.15, 0.2) is 76.1 Å². The fourth-order valence-electron chi connectivity index (χ4n) is 3.40. The predicted octanol–water partition coefficient (Wildman–Crippen LogP) is 3.68. The molecule has 1 aliphatic heterocycles. The third-order valence-corrected chi connectivity index (χ3v) is 5.03. The number of halogens is 1. The molecule has 150 valence electrons. The van der Waals surface area contributed by atoms with Gasteiger partial charge in [0.05, 0.1) is 6.54 Å². The maximum absolute atomic E-state index is 13.1. The van der Waals surface area contributed by atoms with E-state index < -0.39 is 0 Å². The van der Waals surface area contributed by atoms with Gasteiger partial charge in [-0.3, -0.25) is 9.69 Å². The molecule has 1 aliphatic rings. The van der Waals surface area contributed by atoms with Gasteiger partial charge in [0, 0.05) is 37.9 Å². The summed E-state index contributed by atoms with van der Waals surface area (Å²) in [5, 5.41) is 0. The first-order valence-electron chi connectivity index (χ1n) is 9.69. The summed E-state index contributed by atoms with van der Waals surface area (Å²) in [5.41, 5.74) is 1.85. The van der Waals surface area contributed by atoms with E-state index in [0.717, 1.165) is 37.4 Å². The lowest BCUT2D eigenvalue weighted by molar-refractivity contribution is 0.224. The Morgan fingerprint density at radius 1 is 0.966 bits per heavy atom. The molecule has 1 fully saturated rings. The van der Waals surface area contributed by atoms with Crippen molar-refractivity contribution in [1.82, 2.24) is 4.90 Å². The number of benzene rings is 2. The van der Waals surface area contributed by atoms with Crippen LogP contribution in [0.2, 0.25) is 0 Å². The number of hydrogen-bond acceptors (Lipinski definition) is 5. The van der Waals surface area contributed by atoms with Crippen molar-refractivity contribution >= 4 is 5.69 Å². The first kappa shape index (κ1) is 19.2. The van der Waals surface area contributed by atoms with Crippen LogP contribution in [0, 0.1) is 5.82 Å². The zero-order valence-electron chi connectivity index (χ0n) is 16.1. The lowest BCUT2D eigenvalue weighted by Gasteiger charge is -2.35. The van der Waals surface area contributed by atoms with E-state index in [1.54, 1.807) is 12.1 Å². The molecular weight excluding hydrogens is 371 g/mol. The monoisotopic (exact) mass is 394 g/mol. The van der Waals surface area contributed by atoms with Crippen molar-refractivity contribution in [2.45, 2.75) is 13.2 Å². The highest BCUT2D eigenvalue weighted by atomic mass is 19.1. The van der Waals surface area contributed by atoms with Gasteiger partial charge < -0.3 is 14.1 Å². The van der Waals surface area contributed by atoms with Gasteiger partial charge in [0.15, 0.2) is 0 Å². The summed E-state index contributed by atoms with van der Waals surface area (Å²) in [6, 6.07) is 17.8. The molecule has 6 heteroatoms. The first-order valence-corrected chi connectivity index (χ1v) is 9.69. The summed E-state index contributed by atoms with van der Waals surface area (Å²) < 4.78 is 24.3. The molecular formula is C23H23FN2O3. The number of nitrogens with zero attached hydrogens (tertiary/aromatic N) is 2. The van der Waals surface area contributed by atoms with E-state index in [-0.39, 0.29) is 17.0 Å². The molecule has 1 aromatic heterocycles. The van der Waals surface area contributed by atoms with Crippen molar-refractivity contribution in [3.8, 4) is 5.75 Å². The Bertz CT molecular complexity index is 981. The molecule has 0 bridgehead atoms. The van der Waals surface area contributed by atoms with Crippen LogP contribution in [0.4, 0.5) is 10.1 Å². The highest BCUT2D eigenvalue weighted by Gasteiger charge is 2.18. The Balaban J connectivity index is 1.30. The molecule has 0 atom stereocenters.